The van der Waals surface area contributed by atoms with Gasteiger partial charge >= 0.3 is 12.1 Å². The summed E-state index contributed by atoms with van der Waals surface area (Å²) in [6, 6.07) is 20.6. The molecule has 54 heavy (non-hydrogen) atoms. The maximum atomic E-state index is 14.5. The smallest absolute Gasteiger partial charge is 0.341 e. The first kappa shape index (κ1) is 43.2. The maximum Gasteiger partial charge on any atom is 0.471 e. The summed E-state index contributed by atoms with van der Waals surface area (Å²) >= 11 is 0. The molecular weight excluding hydrogens is 760 g/mol. The maximum absolute atomic E-state index is 14.5. The number of nitrogens with zero attached hydrogens (tertiary/aromatic N) is 2. The van der Waals surface area contributed by atoms with Gasteiger partial charge in [-0.1, -0.05) is 48.5 Å². The van der Waals surface area contributed by atoms with Crippen molar-refractivity contribution in [2.24, 2.45) is 5.73 Å². The molecule has 0 bridgehead atoms. The number of halogens is 5. The second-order valence-electron chi connectivity index (χ2n) is 12.1. The molecule has 3 N–H and O–H groups in total. The summed E-state index contributed by atoms with van der Waals surface area (Å²) < 4.78 is 116. The zero-order valence-corrected chi connectivity index (χ0v) is 31.1. The van der Waals surface area contributed by atoms with E-state index in [2.05, 4.69) is 0 Å². The van der Waals surface area contributed by atoms with Crippen LogP contribution in [-0.4, -0.2) is 66.1 Å². The van der Waals surface area contributed by atoms with Crippen LogP contribution in [-0.2, 0) is 37.9 Å². The third-order valence-corrected chi connectivity index (χ3v) is 9.89. The van der Waals surface area contributed by atoms with Crippen molar-refractivity contribution in [2.45, 2.75) is 33.1 Å². The van der Waals surface area contributed by atoms with Crippen molar-refractivity contribution in [1.29, 1.82) is 0 Å². The largest absolute Gasteiger partial charge is 0.471 e. The lowest BCUT2D eigenvalue weighted by Gasteiger charge is -2.23. The van der Waals surface area contributed by atoms with Crippen LogP contribution in [0.4, 0.5) is 33.3 Å². The molecule has 0 radical (unpaired) electrons. The molecule has 1 amide bonds. The van der Waals surface area contributed by atoms with Gasteiger partial charge in [-0.2, -0.15) is 13.2 Å². The van der Waals surface area contributed by atoms with Crippen LogP contribution >= 0.6 is 0 Å². The van der Waals surface area contributed by atoms with E-state index in [-0.39, 0.29) is 47.7 Å². The number of rotatable bonds is 13. The van der Waals surface area contributed by atoms with E-state index in [9.17, 15) is 53.2 Å². The van der Waals surface area contributed by atoms with Crippen LogP contribution < -0.4 is 19.7 Å². The Balaban J connectivity index is 0.000000297. The molecule has 4 rings (SSSR count). The highest BCUT2D eigenvalue weighted by Gasteiger charge is 2.38. The molecule has 0 heterocycles. The van der Waals surface area contributed by atoms with Crippen molar-refractivity contribution < 1.29 is 53.2 Å². The van der Waals surface area contributed by atoms with Crippen molar-refractivity contribution in [3.63, 3.8) is 0 Å². The molecule has 0 saturated carbocycles. The number of carbonyl (C=O) groups is 3. The van der Waals surface area contributed by atoms with Crippen LogP contribution in [0.25, 0.3) is 0 Å². The van der Waals surface area contributed by atoms with Gasteiger partial charge in [0.05, 0.1) is 50.1 Å². The molecule has 0 saturated heterocycles. The van der Waals surface area contributed by atoms with Gasteiger partial charge in [0.2, 0.25) is 20.0 Å². The number of benzene rings is 4. The number of hydrogen-bond acceptors (Lipinski definition) is 8. The number of aryl methyl sites for hydroxylation is 2. The summed E-state index contributed by atoms with van der Waals surface area (Å²) in [6.45, 7) is 1.92. The van der Waals surface area contributed by atoms with Crippen LogP contribution in [0.2, 0.25) is 0 Å². The van der Waals surface area contributed by atoms with Gasteiger partial charge in [0, 0.05) is 22.3 Å². The fourth-order valence-corrected chi connectivity index (χ4v) is 6.59. The van der Waals surface area contributed by atoms with Crippen LogP contribution in [0.5, 0.6) is 0 Å². The number of alkyl halides is 3. The Morgan fingerprint density at radius 2 is 1.07 bits per heavy atom. The highest BCUT2D eigenvalue weighted by Crippen LogP contribution is 2.25. The molecule has 0 atom stereocenters. The molecule has 0 spiro atoms. The molecule has 290 valence electrons. The second-order valence-corrected chi connectivity index (χ2v) is 15.9. The summed E-state index contributed by atoms with van der Waals surface area (Å²) in [6.07, 6.45) is -3.10. The lowest BCUT2D eigenvalue weighted by molar-refractivity contribution is -0.173. The fraction of sp³-hybridized carbons (Fsp3) is 0.250. The molecular formula is C36H37F5N4O7S2. The van der Waals surface area contributed by atoms with Crippen LogP contribution in [0.15, 0.2) is 84.9 Å². The van der Waals surface area contributed by atoms with Crippen LogP contribution in [0.3, 0.4) is 0 Å². The second kappa shape index (κ2) is 17.7. The number of hydrogen-bond donors (Lipinski definition) is 2. The average Bonchev–Trinajstić information content (AvgIpc) is 3.07. The molecule has 0 aliphatic heterocycles. The minimum atomic E-state index is -5.14. The zero-order valence-electron chi connectivity index (χ0n) is 29.4. The first-order valence-corrected chi connectivity index (χ1v) is 19.5. The van der Waals surface area contributed by atoms with Crippen molar-refractivity contribution >= 4 is 48.9 Å². The molecule has 0 fully saturated rings. The van der Waals surface area contributed by atoms with Gasteiger partial charge in [-0.15, -0.1) is 0 Å². The van der Waals surface area contributed by atoms with Gasteiger partial charge in [0.1, 0.15) is 11.6 Å². The Morgan fingerprint density at radius 3 is 1.41 bits per heavy atom. The first-order valence-electron chi connectivity index (χ1n) is 15.8. The quantitative estimate of drug-likeness (QED) is 0.138. The minimum Gasteiger partial charge on any atom is -0.341 e. The highest BCUT2D eigenvalue weighted by atomic mass is 32.2. The van der Waals surface area contributed by atoms with Gasteiger partial charge in [-0.3, -0.25) is 23.0 Å². The van der Waals surface area contributed by atoms with Gasteiger partial charge in [-0.25, -0.2) is 25.6 Å². The molecule has 0 aliphatic carbocycles. The fourth-order valence-electron chi connectivity index (χ4n) is 4.85. The molecule has 0 aromatic heterocycles. The van der Waals surface area contributed by atoms with E-state index in [1.807, 2.05) is 13.0 Å². The Hall–Kier alpha value is -5.20. The van der Waals surface area contributed by atoms with Crippen molar-refractivity contribution in [2.75, 3.05) is 34.2 Å². The standard InChI is InChI=1S/C19H18F4N2O4S.C17H19FN2O3S/c1-12-4-3-5-15(8-12)25(30(2,28)29)11-14-7-6-13(9-16(14)20)17(26)10-24-18(27)19(21,22)23;1-12-4-3-5-15(8-12)20(24(2,22)23)11-14-7-6-13(9-16(14)18)17(21)10-19/h3-9H,10-11H2,1-2H3,(H,24,27);3-9H,10-11,19H2,1-2H3. The Bertz CT molecular complexity index is 2250. The number of sulfonamides is 2. The predicted molar refractivity (Wildman–Crippen MR) is 194 cm³/mol. The normalized spacial score (nSPS) is 11.6. The van der Waals surface area contributed by atoms with Gasteiger partial charge in [0.25, 0.3) is 0 Å². The van der Waals surface area contributed by atoms with Crippen molar-refractivity contribution in [3.05, 3.63) is 130 Å². The molecule has 0 aliphatic rings. The van der Waals surface area contributed by atoms with Gasteiger partial charge in [-0.05, 0) is 61.4 Å². The Morgan fingerprint density at radius 1 is 0.667 bits per heavy atom. The van der Waals surface area contributed by atoms with Crippen LogP contribution in [0, 0.1) is 25.5 Å². The summed E-state index contributed by atoms with van der Waals surface area (Å²) in [5, 5.41) is 1.41. The van der Waals surface area contributed by atoms with E-state index in [0.29, 0.717) is 11.4 Å². The van der Waals surface area contributed by atoms with Gasteiger partial charge < -0.3 is 11.1 Å². The summed E-state index contributed by atoms with van der Waals surface area (Å²) in [5.41, 5.74) is 7.77. The summed E-state index contributed by atoms with van der Waals surface area (Å²) in [4.78, 5) is 34.2. The number of anilines is 2. The first-order chi connectivity index (χ1) is 25.0. The molecule has 4 aromatic carbocycles. The number of carbonyl (C=O) groups excluding carboxylic acids is 3. The summed E-state index contributed by atoms with van der Waals surface area (Å²) in [7, 11) is -7.36. The topological polar surface area (TPSA) is 164 Å². The SMILES string of the molecule is Cc1cccc(N(Cc2ccc(C(=O)CN)cc2F)S(C)(=O)=O)c1.Cc1cccc(N(Cc2ccc(C(=O)CNC(=O)C(F)(F)F)cc2F)S(C)(=O)=O)c1. The lowest BCUT2D eigenvalue weighted by Crippen LogP contribution is -2.39. The number of Topliss-reactive ketones (excluding diaryl/α,β-unsaturated/α-hetero) is 2. The lowest BCUT2D eigenvalue weighted by atomic mass is 10.1. The summed E-state index contributed by atoms with van der Waals surface area (Å²) in [5.74, 6) is -5.15. The zero-order chi connectivity index (χ0) is 40.6. The third-order valence-electron chi connectivity index (χ3n) is 7.61. The van der Waals surface area contributed by atoms with Crippen LogP contribution in [0.1, 0.15) is 43.0 Å². The molecule has 11 nitrogen and oxygen atoms in total. The average molecular weight is 797 g/mol. The van der Waals surface area contributed by atoms with E-state index in [1.165, 1.54) is 23.5 Å². The highest BCUT2D eigenvalue weighted by molar-refractivity contribution is 7.92. The minimum absolute atomic E-state index is 0.0437. The number of nitrogens with one attached hydrogen (secondary N) is 1. The van der Waals surface area contributed by atoms with E-state index in [4.69, 9.17) is 5.73 Å². The van der Waals surface area contributed by atoms with Crippen molar-refractivity contribution in [1.82, 2.24) is 5.32 Å². The number of amides is 1. The Labute approximate surface area is 309 Å². The number of ketones is 2. The van der Waals surface area contributed by atoms with E-state index in [0.717, 1.165) is 50.4 Å². The molecule has 4 aromatic rings. The van der Waals surface area contributed by atoms with Gasteiger partial charge in [0.15, 0.2) is 11.6 Å². The van der Waals surface area contributed by atoms with E-state index >= 15 is 0 Å². The molecule has 18 heteroatoms. The van der Waals surface area contributed by atoms with E-state index in [1.54, 1.807) is 49.4 Å². The van der Waals surface area contributed by atoms with E-state index < -0.39 is 56.1 Å². The third kappa shape index (κ3) is 12.2. The Kier molecular flexibility index (Phi) is 14.2. The predicted octanol–water partition coefficient (Wildman–Crippen LogP) is 5.20. The van der Waals surface area contributed by atoms with Crippen molar-refractivity contribution in [3.8, 4) is 0 Å². The molecule has 0 unspecified atom stereocenters. The monoisotopic (exact) mass is 796 g/mol. The number of nitrogens with two attached hydrogens (primary N) is 1.